The molecule has 0 saturated heterocycles. The van der Waals surface area contributed by atoms with Gasteiger partial charge < -0.3 is 14.8 Å². The molecule has 2 N–H and O–H groups in total. The highest BCUT2D eigenvalue weighted by Crippen LogP contribution is 2.49. The summed E-state index contributed by atoms with van der Waals surface area (Å²) in [5.41, 5.74) is 0.674. The number of nitrogens with one attached hydrogen (secondary N) is 1. The van der Waals surface area contributed by atoms with Crippen LogP contribution in [0.3, 0.4) is 0 Å². The number of carbonyl (C=O) groups is 2. The molecule has 1 aromatic heterocycles. The number of furan rings is 1. The van der Waals surface area contributed by atoms with Crippen molar-refractivity contribution in [1.82, 2.24) is 5.32 Å². The van der Waals surface area contributed by atoms with E-state index in [0.717, 1.165) is 18.4 Å². The van der Waals surface area contributed by atoms with E-state index in [1.54, 1.807) is 6.92 Å². The molecule has 3 rings (SSSR count). The molecule has 126 valence electrons. The molecule has 1 aliphatic rings. The van der Waals surface area contributed by atoms with E-state index in [-0.39, 0.29) is 18.0 Å². The van der Waals surface area contributed by atoms with Gasteiger partial charge >= 0.3 is 5.97 Å². The van der Waals surface area contributed by atoms with Crippen LogP contribution in [0.1, 0.15) is 40.3 Å². The minimum absolute atomic E-state index is 0.0478. The molecule has 0 unspecified atom stereocenters. The molecule has 24 heavy (non-hydrogen) atoms. The van der Waals surface area contributed by atoms with Gasteiger partial charge in [0, 0.05) is 5.02 Å². The van der Waals surface area contributed by atoms with Crippen LogP contribution in [0.15, 0.2) is 34.7 Å². The van der Waals surface area contributed by atoms with Gasteiger partial charge in [-0.3, -0.25) is 4.79 Å². The number of carboxylic acids is 1. The Balaban J connectivity index is 1.64. The first kappa shape index (κ1) is 16.6. The van der Waals surface area contributed by atoms with E-state index in [2.05, 4.69) is 5.32 Å². The molecule has 1 amide bonds. The van der Waals surface area contributed by atoms with Crippen LogP contribution in [0.4, 0.5) is 0 Å². The third kappa shape index (κ3) is 3.31. The molecule has 6 heteroatoms. The minimum atomic E-state index is -1.04. The molecule has 0 radical (unpaired) electrons. The monoisotopic (exact) mass is 347 g/mol. The van der Waals surface area contributed by atoms with Crippen molar-refractivity contribution in [2.45, 2.75) is 32.7 Å². The minimum Gasteiger partial charge on any atom is -0.478 e. The fourth-order valence-electron chi connectivity index (χ4n) is 2.84. The van der Waals surface area contributed by atoms with Crippen molar-refractivity contribution in [2.75, 3.05) is 0 Å². The van der Waals surface area contributed by atoms with E-state index < -0.39 is 11.4 Å². The summed E-state index contributed by atoms with van der Waals surface area (Å²) in [4.78, 5) is 23.5. The molecule has 1 saturated carbocycles. The number of carboxylic acid groups (broad SMARTS) is 1. The van der Waals surface area contributed by atoms with E-state index in [4.69, 9.17) is 21.1 Å². The molecule has 5 nitrogen and oxygen atoms in total. The molecule has 1 heterocycles. The first-order chi connectivity index (χ1) is 11.4. The van der Waals surface area contributed by atoms with Crippen molar-refractivity contribution in [2.24, 2.45) is 5.41 Å². The Morgan fingerprint density at radius 2 is 2.04 bits per heavy atom. The van der Waals surface area contributed by atoms with Gasteiger partial charge in [0.25, 0.3) is 0 Å². The lowest BCUT2D eigenvalue weighted by atomic mass is 9.95. The van der Waals surface area contributed by atoms with Crippen LogP contribution in [0.2, 0.25) is 5.02 Å². The third-order valence-corrected chi connectivity index (χ3v) is 4.81. The van der Waals surface area contributed by atoms with Crippen LogP contribution in [-0.4, -0.2) is 17.0 Å². The first-order valence-electron chi connectivity index (χ1n) is 7.76. The van der Waals surface area contributed by atoms with Gasteiger partial charge in [-0.15, -0.1) is 0 Å². The lowest BCUT2D eigenvalue weighted by Gasteiger charge is -2.15. The van der Waals surface area contributed by atoms with Crippen molar-refractivity contribution in [3.05, 3.63) is 58.0 Å². The summed E-state index contributed by atoms with van der Waals surface area (Å²) in [6, 6.07) is 8.99. The summed E-state index contributed by atoms with van der Waals surface area (Å²) in [5, 5.41) is 12.5. The lowest BCUT2D eigenvalue weighted by Crippen LogP contribution is -2.32. The van der Waals surface area contributed by atoms with E-state index >= 15 is 0 Å². The van der Waals surface area contributed by atoms with Crippen molar-refractivity contribution in [3.8, 4) is 0 Å². The summed E-state index contributed by atoms with van der Waals surface area (Å²) < 4.78 is 5.38. The zero-order valence-electron chi connectivity index (χ0n) is 13.3. The van der Waals surface area contributed by atoms with Crippen molar-refractivity contribution in [3.63, 3.8) is 0 Å². The number of aryl methyl sites for hydroxylation is 1. The average Bonchev–Trinajstić information content (AvgIpc) is 3.22. The second-order valence-corrected chi connectivity index (χ2v) is 6.63. The van der Waals surface area contributed by atoms with Crippen molar-refractivity contribution in [1.29, 1.82) is 0 Å². The quantitative estimate of drug-likeness (QED) is 0.837. The van der Waals surface area contributed by atoms with Gasteiger partial charge in [0.2, 0.25) is 5.91 Å². The number of rotatable bonds is 6. The number of carbonyl (C=O) groups excluding carboxylic acids is 1. The SMILES string of the molecule is Cc1oc(CNC(=O)C2(Cc3ccccc3Cl)CC2)cc1C(=O)O. The van der Waals surface area contributed by atoms with Gasteiger partial charge in [0.05, 0.1) is 12.0 Å². The maximum atomic E-state index is 12.5. The number of amides is 1. The van der Waals surface area contributed by atoms with Crippen LogP contribution in [0.25, 0.3) is 0 Å². The first-order valence-corrected chi connectivity index (χ1v) is 8.13. The highest BCUT2D eigenvalue weighted by atomic mass is 35.5. The van der Waals surface area contributed by atoms with Gasteiger partial charge in [0.15, 0.2) is 0 Å². The highest BCUT2D eigenvalue weighted by molar-refractivity contribution is 6.31. The fraction of sp³-hybridized carbons (Fsp3) is 0.333. The number of hydrogen-bond donors (Lipinski definition) is 2. The molecule has 2 aromatic rings. The Bertz CT molecular complexity index is 792. The standard InChI is InChI=1S/C18H18ClNO4/c1-11-14(16(21)22)8-13(24-11)10-20-17(23)18(6-7-18)9-12-4-2-3-5-15(12)19/h2-5,8H,6-7,9-10H2,1H3,(H,20,23)(H,21,22). The van der Waals surface area contributed by atoms with Crippen molar-refractivity contribution >= 4 is 23.5 Å². The van der Waals surface area contributed by atoms with E-state index in [1.165, 1.54) is 6.07 Å². The fourth-order valence-corrected chi connectivity index (χ4v) is 3.04. The normalized spacial score (nSPS) is 15.1. The van der Waals surface area contributed by atoms with Gasteiger partial charge in [0.1, 0.15) is 17.1 Å². The van der Waals surface area contributed by atoms with Gasteiger partial charge in [-0.1, -0.05) is 29.8 Å². The molecule has 1 aliphatic carbocycles. The lowest BCUT2D eigenvalue weighted by molar-refractivity contribution is -0.126. The maximum absolute atomic E-state index is 12.5. The number of halogens is 1. The molecular weight excluding hydrogens is 330 g/mol. The molecular formula is C18H18ClNO4. The van der Waals surface area contributed by atoms with E-state index in [9.17, 15) is 9.59 Å². The summed E-state index contributed by atoms with van der Waals surface area (Å²) in [6.45, 7) is 1.77. The predicted octanol–water partition coefficient (Wildman–Crippen LogP) is 3.58. The molecule has 0 spiro atoms. The molecule has 0 atom stereocenters. The summed E-state index contributed by atoms with van der Waals surface area (Å²) in [5.74, 6) is -0.310. The Morgan fingerprint density at radius 3 is 2.62 bits per heavy atom. The second kappa shape index (κ2) is 6.32. The third-order valence-electron chi connectivity index (χ3n) is 4.44. The van der Waals surface area contributed by atoms with Crippen molar-refractivity contribution < 1.29 is 19.1 Å². The zero-order chi connectivity index (χ0) is 17.3. The van der Waals surface area contributed by atoms with E-state index in [0.29, 0.717) is 23.0 Å². The van der Waals surface area contributed by atoms with E-state index in [1.807, 2.05) is 24.3 Å². The zero-order valence-corrected chi connectivity index (χ0v) is 14.0. The molecule has 1 aromatic carbocycles. The topological polar surface area (TPSA) is 79.5 Å². The van der Waals surface area contributed by atoms with Gasteiger partial charge in [-0.2, -0.15) is 0 Å². The average molecular weight is 348 g/mol. The molecule has 0 aliphatic heterocycles. The summed E-state index contributed by atoms with van der Waals surface area (Å²) in [7, 11) is 0. The van der Waals surface area contributed by atoms with Crippen LogP contribution in [-0.2, 0) is 17.8 Å². The second-order valence-electron chi connectivity index (χ2n) is 6.22. The highest BCUT2D eigenvalue weighted by Gasteiger charge is 2.49. The number of hydrogen-bond acceptors (Lipinski definition) is 3. The van der Waals surface area contributed by atoms with Crippen LogP contribution in [0.5, 0.6) is 0 Å². The smallest absolute Gasteiger partial charge is 0.339 e. The number of aromatic carboxylic acids is 1. The predicted molar refractivity (Wildman–Crippen MR) is 89.1 cm³/mol. The van der Waals surface area contributed by atoms with Crippen LogP contribution in [0, 0.1) is 12.3 Å². The number of benzene rings is 1. The maximum Gasteiger partial charge on any atom is 0.339 e. The Labute approximate surface area is 144 Å². The Morgan fingerprint density at radius 1 is 1.33 bits per heavy atom. The Kier molecular flexibility index (Phi) is 4.37. The van der Waals surface area contributed by atoms with Gasteiger partial charge in [-0.25, -0.2) is 4.79 Å². The summed E-state index contributed by atoms with van der Waals surface area (Å²) >= 11 is 6.18. The Hall–Kier alpha value is -2.27. The van der Waals surface area contributed by atoms with Crippen LogP contribution >= 0.6 is 11.6 Å². The van der Waals surface area contributed by atoms with Gasteiger partial charge in [-0.05, 0) is 43.9 Å². The molecule has 1 fully saturated rings. The molecule has 0 bridgehead atoms. The van der Waals surface area contributed by atoms with Crippen LogP contribution < -0.4 is 5.32 Å². The summed E-state index contributed by atoms with van der Waals surface area (Å²) in [6.07, 6.45) is 2.25. The largest absolute Gasteiger partial charge is 0.478 e.